The summed E-state index contributed by atoms with van der Waals surface area (Å²) >= 11 is 0. The van der Waals surface area contributed by atoms with Gasteiger partial charge in [-0.1, -0.05) is 0 Å². The van der Waals surface area contributed by atoms with Gasteiger partial charge in [0.05, 0.1) is 11.4 Å². The molecule has 6 heteroatoms. The van der Waals surface area contributed by atoms with Crippen LogP contribution >= 0.6 is 0 Å². The minimum atomic E-state index is -3.42. The highest BCUT2D eigenvalue weighted by molar-refractivity contribution is 7.89. The summed E-state index contributed by atoms with van der Waals surface area (Å²) in [5, 5.41) is 6.57. The Morgan fingerprint density at radius 1 is 1.33 bits per heavy atom. The molecule has 1 rings (SSSR count). The molecular weight excluding hydrogens is 214 g/mol. The van der Waals surface area contributed by atoms with Crippen LogP contribution in [0.4, 0.5) is 0 Å². The highest BCUT2D eigenvalue weighted by atomic mass is 32.2. The molecule has 5 nitrogen and oxygen atoms in total. The molecule has 0 saturated carbocycles. The first-order valence-corrected chi connectivity index (χ1v) is 6.22. The van der Waals surface area contributed by atoms with Gasteiger partial charge in [-0.2, -0.15) is 9.40 Å². The molecule has 0 aliphatic heterocycles. The monoisotopic (exact) mass is 231 g/mol. The van der Waals surface area contributed by atoms with Crippen molar-refractivity contribution < 1.29 is 8.42 Å². The Kier molecular flexibility index (Phi) is 3.20. The van der Waals surface area contributed by atoms with Gasteiger partial charge in [0.2, 0.25) is 10.0 Å². The molecule has 0 saturated heterocycles. The van der Waals surface area contributed by atoms with Crippen molar-refractivity contribution in [2.45, 2.75) is 38.6 Å². The molecule has 0 spiro atoms. The van der Waals surface area contributed by atoms with E-state index >= 15 is 0 Å². The van der Waals surface area contributed by atoms with E-state index in [1.807, 2.05) is 13.8 Å². The number of sulfonamides is 1. The van der Waals surface area contributed by atoms with Gasteiger partial charge in [-0.3, -0.25) is 5.10 Å². The van der Waals surface area contributed by atoms with Crippen LogP contribution in [0.2, 0.25) is 0 Å². The first-order chi connectivity index (χ1) is 6.78. The number of hydrogen-bond acceptors (Lipinski definition) is 3. The van der Waals surface area contributed by atoms with Gasteiger partial charge in [0.25, 0.3) is 0 Å². The summed E-state index contributed by atoms with van der Waals surface area (Å²) in [4.78, 5) is 0.290. The van der Waals surface area contributed by atoms with Gasteiger partial charge >= 0.3 is 0 Å². The lowest BCUT2D eigenvalue weighted by atomic mass is 10.4. The molecular formula is C9H17N3O2S. The average molecular weight is 231 g/mol. The predicted octanol–water partition coefficient (Wildman–Crippen LogP) is 1.06. The molecule has 0 aliphatic carbocycles. The normalized spacial score (nSPS) is 12.7. The van der Waals surface area contributed by atoms with E-state index in [1.165, 1.54) is 4.31 Å². The van der Waals surface area contributed by atoms with Gasteiger partial charge in [0, 0.05) is 13.1 Å². The minimum absolute atomic E-state index is 0.0660. The van der Waals surface area contributed by atoms with Crippen LogP contribution in [0.15, 0.2) is 4.90 Å². The second-order valence-corrected chi connectivity index (χ2v) is 5.81. The highest BCUT2D eigenvalue weighted by Crippen LogP contribution is 2.21. The minimum Gasteiger partial charge on any atom is -0.281 e. The van der Waals surface area contributed by atoms with Crippen molar-refractivity contribution in [3.63, 3.8) is 0 Å². The van der Waals surface area contributed by atoms with Gasteiger partial charge in [-0.05, 0) is 27.7 Å². The smallest absolute Gasteiger partial charge is 0.246 e. The molecule has 0 bridgehead atoms. The largest absolute Gasteiger partial charge is 0.281 e. The van der Waals surface area contributed by atoms with Gasteiger partial charge in [-0.25, -0.2) is 8.42 Å². The standard InChI is InChI=1S/C9H17N3O2S/c1-6(2)12(5)15(13,14)9-7(3)10-11-8(9)4/h6H,1-5H3,(H,10,11). The summed E-state index contributed by atoms with van der Waals surface area (Å²) in [7, 11) is -1.84. The van der Waals surface area contributed by atoms with E-state index in [2.05, 4.69) is 10.2 Å². The summed E-state index contributed by atoms with van der Waals surface area (Å²) in [6.07, 6.45) is 0. The summed E-state index contributed by atoms with van der Waals surface area (Å²) in [6, 6.07) is -0.0660. The fourth-order valence-corrected chi connectivity index (χ4v) is 3.04. The van der Waals surface area contributed by atoms with Crippen molar-refractivity contribution >= 4 is 10.0 Å². The second kappa shape index (κ2) is 3.94. The van der Waals surface area contributed by atoms with Gasteiger partial charge in [-0.15, -0.1) is 0 Å². The Balaban J connectivity index is 3.29. The van der Waals surface area contributed by atoms with Crippen LogP contribution in [-0.2, 0) is 10.0 Å². The molecule has 86 valence electrons. The zero-order valence-electron chi connectivity index (χ0n) is 9.70. The van der Waals surface area contributed by atoms with E-state index in [1.54, 1.807) is 20.9 Å². The van der Waals surface area contributed by atoms with E-state index < -0.39 is 10.0 Å². The van der Waals surface area contributed by atoms with Crippen molar-refractivity contribution in [2.75, 3.05) is 7.05 Å². The zero-order chi connectivity index (χ0) is 11.8. The van der Waals surface area contributed by atoms with Crippen LogP contribution in [-0.4, -0.2) is 36.0 Å². The van der Waals surface area contributed by atoms with E-state index in [4.69, 9.17) is 0 Å². The third-order valence-corrected chi connectivity index (χ3v) is 4.72. The molecule has 15 heavy (non-hydrogen) atoms. The number of nitrogens with one attached hydrogen (secondary N) is 1. The fraction of sp³-hybridized carbons (Fsp3) is 0.667. The SMILES string of the molecule is Cc1n[nH]c(C)c1S(=O)(=O)N(C)C(C)C. The van der Waals surface area contributed by atoms with Crippen molar-refractivity contribution in [3.05, 3.63) is 11.4 Å². The molecule has 1 N–H and O–H groups in total. The van der Waals surface area contributed by atoms with Crippen LogP contribution in [0, 0.1) is 13.8 Å². The summed E-state index contributed by atoms with van der Waals surface area (Å²) in [6.45, 7) is 7.07. The lowest BCUT2D eigenvalue weighted by Gasteiger charge is -2.20. The Morgan fingerprint density at radius 2 is 1.87 bits per heavy atom. The molecule has 0 fully saturated rings. The lowest BCUT2D eigenvalue weighted by molar-refractivity contribution is 0.410. The maximum Gasteiger partial charge on any atom is 0.246 e. The average Bonchev–Trinajstić information content (AvgIpc) is 2.44. The number of aryl methyl sites for hydroxylation is 2. The maximum absolute atomic E-state index is 12.1. The highest BCUT2D eigenvalue weighted by Gasteiger charge is 2.28. The number of rotatable bonds is 3. The first kappa shape index (κ1) is 12.2. The van der Waals surface area contributed by atoms with Crippen molar-refractivity contribution in [1.29, 1.82) is 0 Å². The van der Waals surface area contributed by atoms with Crippen LogP contribution in [0.1, 0.15) is 25.2 Å². The maximum atomic E-state index is 12.1. The van der Waals surface area contributed by atoms with E-state index in [0.717, 1.165) is 0 Å². The number of aromatic nitrogens is 2. The van der Waals surface area contributed by atoms with E-state index in [0.29, 0.717) is 16.3 Å². The molecule has 0 atom stereocenters. The van der Waals surface area contributed by atoms with Crippen LogP contribution in [0.3, 0.4) is 0 Å². The Labute approximate surface area is 90.5 Å². The third-order valence-electron chi connectivity index (χ3n) is 2.42. The van der Waals surface area contributed by atoms with Gasteiger partial charge < -0.3 is 0 Å². The molecule has 0 aromatic carbocycles. The van der Waals surface area contributed by atoms with Crippen LogP contribution in [0.5, 0.6) is 0 Å². The van der Waals surface area contributed by atoms with Crippen LogP contribution < -0.4 is 0 Å². The predicted molar refractivity (Wildman–Crippen MR) is 58.1 cm³/mol. The van der Waals surface area contributed by atoms with E-state index in [-0.39, 0.29) is 6.04 Å². The summed E-state index contributed by atoms with van der Waals surface area (Å²) in [5.74, 6) is 0. The molecule has 0 unspecified atom stereocenters. The Hall–Kier alpha value is -0.880. The second-order valence-electron chi connectivity index (χ2n) is 3.88. The molecule has 1 aromatic rings. The summed E-state index contributed by atoms with van der Waals surface area (Å²) < 4.78 is 25.6. The summed E-state index contributed by atoms with van der Waals surface area (Å²) in [5.41, 5.74) is 1.10. The van der Waals surface area contributed by atoms with E-state index in [9.17, 15) is 8.42 Å². The lowest BCUT2D eigenvalue weighted by Crippen LogP contribution is -2.33. The Morgan fingerprint density at radius 3 is 2.20 bits per heavy atom. The molecule has 0 aliphatic rings. The van der Waals surface area contributed by atoms with Gasteiger partial charge in [0.1, 0.15) is 4.90 Å². The van der Waals surface area contributed by atoms with Crippen LogP contribution in [0.25, 0.3) is 0 Å². The molecule has 0 amide bonds. The fourth-order valence-electron chi connectivity index (χ4n) is 1.34. The molecule has 1 aromatic heterocycles. The third kappa shape index (κ3) is 2.05. The number of nitrogens with zero attached hydrogens (tertiary/aromatic N) is 2. The molecule has 1 heterocycles. The van der Waals surface area contributed by atoms with Crippen molar-refractivity contribution in [1.82, 2.24) is 14.5 Å². The topological polar surface area (TPSA) is 66.1 Å². The zero-order valence-corrected chi connectivity index (χ0v) is 10.5. The molecule has 0 radical (unpaired) electrons. The quantitative estimate of drug-likeness (QED) is 0.845. The number of H-pyrrole nitrogens is 1. The van der Waals surface area contributed by atoms with Crippen molar-refractivity contribution in [2.24, 2.45) is 0 Å². The number of aromatic amines is 1. The van der Waals surface area contributed by atoms with Gasteiger partial charge in [0.15, 0.2) is 0 Å². The number of hydrogen-bond donors (Lipinski definition) is 1. The van der Waals surface area contributed by atoms with Crippen molar-refractivity contribution in [3.8, 4) is 0 Å². The Bertz CT molecular complexity index is 428. The first-order valence-electron chi connectivity index (χ1n) is 4.78.